The fraction of sp³-hybridized carbons (Fsp3) is 0.474. The van der Waals surface area contributed by atoms with Gasteiger partial charge >= 0.3 is 0 Å². The second kappa shape index (κ2) is 13.0. The van der Waals surface area contributed by atoms with Crippen LogP contribution in [0, 0.1) is 11.8 Å². The van der Waals surface area contributed by atoms with Gasteiger partial charge in [0.2, 0.25) is 0 Å². The number of hydrogen-bond acceptors (Lipinski definition) is 1. The maximum absolute atomic E-state index is 3.74. The lowest BCUT2D eigenvalue weighted by Gasteiger charge is -2.39. The SMILES string of the molecule is CCCCC(=C(C)C)C(/C=C(C)/C(C)=C/NC(C)C1=CC2C3=C(CCC=C3)C3=C(C=CCC3)C2C=C1)=C(C)C. The van der Waals surface area contributed by atoms with Gasteiger partial charge in [0.05, 0.1) is 0 Å². The van der Waals surface area contributed by atoms with Crippen molar-refractivity contribution in [3.05, 3.63) is 116 Å². The second-order valence-corrected chi connectivity index (χ2v) is 12.4. The quantitative estimate of drug-likeness (QED) is 0.297. The van der Waals surface area contributed by atoms with E-state index in [1.807, 2.05) is 0 Å². The van der Waals surface area contributed by atoms with Gasteiger partial charge in [-0.05, 0) is 137 Å². The minimum atomic E-state index is 0.264. The normalized spacial score (nSPS) is 23.1. The van der Waals surface area contributed by atoms with Crippen molar-refractivity contribution in [3.63, 3.8) is 0 Å². The van der Waals surface area contributed by atoms with E-state index in [0.29, 0.717) is 11.8 Å². The van der Waals surface area contributed by atoms with Crippen LogP contribution in [0.5, 0.6) is 0 Å². The summed E-state index contributed by atoms with van der Waals surface area (Å²) in [4.78, 5) is 0. The summed E-state index contributed by atoms with van der Waals surface area (Å²) in [7, 11) is 0. The lowest BCUT2D eigenvalue weighted by molar-refractivity contribution is 0.567. The predicted molar refractivity (Wildman–Crippen MR) is 171 cm³/mol. The molecule has 3 atom stereocenters. The van der Waals surface area contributed by atoms with Crippen LogP contribution in [-0.4, -0.2) is 6.04 Å². The van der Waals surface area contributed by atoms with Crippen molar-refractivity contribution in [1.82, 2.24) is 5.32 Å². The van der Waals surface area contributed by atoms with E-state index >= 15 is 0 Å². The van der Waals surface area contributed by atoms with Gasteiger partial charge in [-0.2, -0.15) is 0 Å². The van der Waals surface area contributed by atoms with Crippen molar-refractivity contribution in [2.45, 2.75) is 106 Å². The van der Waals surface area contributed by atoms with Crippen LogP contribution in [0.25, 0.3) is 0 Å². The highest BCUT2D eigenvalue weighted by Crippen LogP contribution is 2.49. The molecular formula is C38H51N. The summed E-state index contributed by atoms with van der Waals surface area (Å²) in [5.74, 6) is 0.941. The zero-order valence-corrected chi connectivity index (χ0v) is 25.9. The highest BCUT2D eigenvalue weighted by atomic mass is 14.9. The summed E-state index contributed by atoms with van der Waals surface area (Å²) in [5.41, 5.74) is 16.2. The third-order valence-electron chi connectivity index (χ3n) is 9.03. The molecule has 0 spiro atoms. The van der Waals surface area contributed by atoms with Crippen molar-refractivity contribution in [1.29, 1.82) is 0 Å². The van der Waals surface area contributed by atoms with Crippen LogP contribution in [0.2, 0.25) is 0 Å². The third-order valence-corrected chi connectivity index (χ3v) is 9.03. The van der Waals surface area contributed by atoms with Gasteiger partial charge in [0.15, 0.2) is 0 Å². The van der Waals surface area contributed by atoms with Crippen molar-refractivity contribution in [3.8, 4) is 0 Å². The van der Waals surface area contributed by atoms with Gasteiger partial charge in [-0.15, -0.1) is 0 Å². The Morgan fingerprint density at radius 1 is 0.872 bits per heavy atom. The molecule has 0 aromatic rings. The van der Waals surface area contributed by atoms with E-state index in [1.165, 1.54) is 77.5 Å². The first-order valence-corrected chi connectivity index (χ1v) is 15.4. The lowest BCUT2D eigenvalue weighted by Crippen LogP contribution is -2.30. The monoisotopic (exact) mass is 521 g/mol. The Bertz CT molecular complexity index is 1270. The molecular weight excluding hydrogens is 470 g/mol. The van der Waals surface area contributed by atoms with Gasteiger partial charge in [0, 0.05) is 24.1 Å². The molecule has 1 N–H and O–H groups in total. The van der Waals surface area contributed by atoms with Crippen LogP contribution in [0.4, 0.5) is 0 Å². The summed E-state index contributed by atoms with van der Waals surface area (Å²) in [6.07, 6.45) is 30.1. The van der Waals surface area contributed by atoms with Gasteiger partial charge in [-0.3, -0.25) is 0 Å². The molecule has 208 valence electrons. The number of fused-ring (bicyclic) bond motifs is 4. The van der Waals surface area contributed by atoms with Gasteiger partial charge in [0.1, 0.15) is 0 Å². The Morgan fingerprint density at radius 2 is 1.51 bits per heavy atom. The minimum Gasteiger partial charge on any atom is -0.384 e. The van der Waals surface area contributed by atoms with Gasteiger partial charge in [-0.1, -0.05) is 73.1 Å². The minimum absolute atomic E-state index is 0.264. The molecule has 0 aromatic carbocycles. The molecule has 39 heavy (non-hydrogen) atoms. The van der Waals surface area contributed by atoms with Gasteiger partial charge < -0.3 is 5.32 Å². The Labute approximate surface area is 239 Å². The third kappa shape index (κ3) is 6.51. The zero-order valence-electron chi connectivity index (χ0n) is 25.9. The molecule has 0 saturated carbocycles. The first kappa shape index (κ1) is 29.2. The maximum atomic E-state index is 3.74. The highest BCUT2D eigenvalue weighted by Gasteiger charge is 2.35. The summed E-state index contributed by atoms with van der Waals surface area (Å²) >= 11 is 0. The first-order chi connectivity index (χ1) is 18.7. The fourth-order valence-corrected chi connectivity index (χ4v) is 6.54. The molecule has 0 amide bonds. The first-order valence-electron chi connectivity index (χ1n) is 15.4. The standard InChI is InChI=1S/C38H51N/c1-9-10-15-31(25(2)3)37(26(4)5)22-27(6)28(7)24-39-29(8)30-20-21-36-34-18-12-11-16-32(34)33-17-13-14-19-35(33)38(36)23-30/h12,14,18-24,29,36,38-39H,9-11,13,15-17H2,1-8H3/b27-22+,28-24+. The summed E-state index contributed by atoms with van der Waals surface area (Å²) in [6.45, 7) is 18.1. The number of rotatable bonds is 9. The molecule has 4 aliphatic carbocycles. The second-order valence-electron chi connectivity index (χ2n) is 12.4. The van der Waals surface area contributed by atoms with E-state index < -0.39 is 0 Å². The molecule has 4 aliphatic rings. The molecule has 1 nitrogen and oxygen atoms in total. The molecule has 0 radical (unpaired) electrons. The number of allylic oxidation sites excluding steroid dienone is 17. The summed E-state index contributed by atoms with van der Waals surface area (Å²) in [5, 5.41) is 3.74. The molecule has 0 bridgehead atoms. The predicted octanol–water partition coefficient (Wildman–Crippen LogP) is 10.7. The average molecular weight is 522 g/mol. The van der Waals surface area contributed by atoms with Gasteiger partial charge in [0.25, 0.3) is 0 Å². The summed E-state index contributed by atoms with van der Waals surface area (Å²) in [6, 6.07) is 0.264. The molecule has 0 saturated heterocycles. The van der Waals surface area contributed by atoms with Crippen LogP contribution in [0.1, 0.15) is 100 Å². The van der Waals surface area contributed by atoms with E-state index in [-0.39, 0.29) is 6.04 Å². The topological polar surface area (TPSA) is 12.0 Å². The van der Waals surface area contributed by atoms with E-state index in [0.717, 1.165) is 6.42 Å². The molecule has 1 heteroatoms. The molecule has 0 heterocycles. The molecule has 0 aliphatic heterocycles. The van der Waals surface area contributed by atoms with Crippen molar-refractivity contribution in [2.75, 3.05) is 0 Å². The van der Waals surface area contributed by atoms with Crippen molar-refractivity contribution >= 4 is 0 Å². The largest absolute Gasteiger partial charge is 0.384 e. The highest BCUT2D eigenvalue weighted by molar-refractivity contribution is 5.58. The van der Waals surface area contributed by atoms with E-state index in [4.69, 9.17) is 0 Å². The lowest BCUT2D eigenvalue weighted by atomic mass is 9.65. The molecule has 0 fully saturated rings. The van der Waals surface area contributed by atoms with Crippen LogP contribution in [0.3, 0.4) is 0 Å². The van der Waals surface area contributed by atoms with Crippen LogP contribution >= 0.6 is 0 Å². The van der Waals surface area contributed by atoms with E-state index in [2.05, 4.69) is 116 Å². The van der Waals surface area contributed by atoms with Gasteiger partial charge in [-0.25, -0.2) is 0 Å². The Hall–Kier alpha value is -2.80. The van der Waals surface area contributed by atoms with Crippen LogP contribution in [-0.2, 0) is 0 Å². The van der Waals surface area contributed by atoms with E-state index in [1.54, 1.807) is 22.3 Å². The number of hydrogen-bond donors (Lipinski definition) is 1. The Balaban J connectivity index is 1.52. The Kier molecular flexibility index (Phi) is 9.76. The van der Waals surface area contributed by atoms with E-state index in [9.17, 15) is 0 Å². The molecule has 4 rings (SSSR count). The smallest absolute Gasteiger partial charge is 0.0477 e. The maximum Gasteiger partial charge on any atom is 0.0477 e. The Morgan fingerprint density at radius 3 is 2.10 bits per heavy atom. The fourth-order valence-electron chi connectivity index (χ4n) is 6.54. The number of unbranched alkanes of at least 4 members (excludes halogenated alkanes) is 1. The van der Waals surface area contributed by atoms with Crippen molar-refractivity contribution in [2.24, 2.45) is 11.8 Å². The average Bonchev–Trinajstić information content (AvgIpc) is 2.94. The van der Waals surface area contributed by atoms with Crippen LogP contribution < -0.4 is 5.32 Å². The zero-order chi connectivity index (χ0) is 28.1. The van der Waals surface area contributed by atoms with Crippen LogP contribution in [0.15, 0.2) is 116 Å². The molecule has 3 unspecified atom stereocenters. The summed E-state index contributed by atoms with van der Waals surface area (Å²) < 4.78 is 0. The number of nitrogens with one attached hydrogen (secondary N) is 1. The molecule has 0 aromatic heterocycles. The van der Waals surface area contributed by atoms with Crippen molar-refractivity contribution < 1.29 is 0 Å².